The lowest BCUT2D eigenvalue weighted by atomic mass is 9.97. The molecule has 1 N–H and O–H groups in total. The molecule has 6 heteroatoms. The standard InChI is InChI=1S/C12H13N3OS2/c1-7-14-11-9(3-2-4-10(11)18-7)15-12(16)8-5-13-17-6-8/h5-6,9H,2-4H2,1H3,(H,15,16). The topological polar surface area (TPSA) is 54.9 Å². The van der Waals surface area contributed by atoms with Crippen molar-refractivity contribution in [1.82, 2.24) is 14.7 Å². The molecule has 4 nitrogen and oxygen atoms in total. The van der Waals surface area contributed by atoms with Gasteiger partial charge in [-0.15, -0.1) is 11.3 Å². The minimum atomic E-state index is -0.0488. The number of aryl methyl sites for hydroxylation is 2. The maximum Gasteiger partial charge on any atom is 0.254 e. The maximum absolute atomic E-state index is 12.0. The molecule has 0 aromatic carbocycles. The van der Waals surface area contributed by atoms with E-state index in [9.17, 15) is 4.79 Å². The summed E-state index contributed by atoms with van der Waals surface area (Å²) in [4.78, 5) is 17.9. The van der Waals surface area contributed by atoms with Gasteiger partial charge in [-0.2, -0.15) is 0 Å². The number of thiazole rings is 1. The Bertz CT molecular complexity index is 562. The minimum Gasteiger partial charge on any atom is -0.344 e. The van der Waals surface area contributed by atoms with Crippen molar-refractivity contribution in [2.24, 2.45) is 0 Å². The molecule has 1 aliphatic rings. The molecule has 0 saturated heterocycles. The van der Waals surface area contributed by atoms with Crippen LogP contribution in [0.15, 0.2) is 11.6 Å². The van der Waals surface area contributed by atoms with E-state index in [1.807, 2.05) is 6.92 Å². The van der Waals surface area contributed by atoms with E-state index in [4.69, 9.17) is 0 Å². The van der Waals surface area contributed by atoms with Crippen LogP contribution in [0.1, 0.15) is 44.8 Å². The van der Waals surface area contributed by atoms with Gasteiger partial charge in [0.15, 0.2) is 0 Å². The highest BCUT2D eigenvalue weighted by Crippen LogP contribution is 2.33. The molecule has 18 heavy (non-hydrogen) atoms. The van der Waals surface area contributed by atoms with Gasteiger partial charge in [0.25, 0.3) is 5.91 Å². The number of hydrogen-bond donors (Lipinski definition) is 1. The number of rotatable bonds is 2. The summed E-state index contributed by atoms with van der Waals surface area (Å²) >= 11 is 3.04. The first-order valence-electron chi connectivity index (χ1n) is 5.90. The van der Waals surface area contributed by atoms with Gasteiger partial charge in [-0.25, -0.2) is 9.36 Å². The third kappa shape index (κ3) is 2.18. The van der Waals surface area contributed by atoms with Crippen molar-refractivity contribution in [3.63, 3.8) is 0 Å². The van der Waals surface area contributed by atoms with Crippen molar-refractivity contribution < 1.29 is 4.79 Å². The quantitative estimate of drug-likeness (QED) is 0.919. The third-order valence-electron chi connectivity index (χ3n) is 3.06. The highest BCUT2D eigenvalue weighted by Gasteiger charge is 2.25. The van der Waals surface area contributed by atoms with Gasteiger partial charge in [0.1, 0.15) is 0 Å². The van der Waals surface area contributed by atoms with Crippen LogP contribution in [0.2, 0.25) is 0 Å². The van der Waals surface area contributed by atoms with Crippen LogP contribution in [-0.2, 0) is 6.42 Å². The summed E-state index contributed by atoms with van der Waals surface area (Å²) in [5.74, 6) is -0.0488. The molecule has 2 aromatic heterocycles. The Hall–Kier alpha value is -1.27. The second-order valence-corrected chi connectivity index (χ2v) is 6.32. The van der Waals surface area contributed by atoms with Gasteiger partial charge in [0.05, 0.1) is 28.5 Å². The van der Waals surface area contributed by atoms with E-state index in [1.54, 1.807) is 22.9 Å². The fourth-order valence-corrected chi connectivity index (χ4v) is 3.80. The third-order valence-corrected chi connectivity index (χ3v) is 4.69. The van der Waals surface area contributed by atoms with Crippen LogP contribution in [-0.4, -0.2) is 15.3 Å². The van der Waals surface area contributed by atoms with Crippen LogP contribution >= 0.6 is 22.9 Å². The van der Waals surface area contributed by atoms with Crippen molar-refractivity contribution in [3.05, 3.63) is 32.7 Å². The molecular formula is C12H13N3OS2. The molecule has 2 heterocycles. The Labute approximate surface area is 113 Å². The molecule has 0 bridgehead atoms. The molecule has 1 amide bonds. The first kappa shape index (κ1) is 11.8. The first-order chi connectivity index (χ1) is 8.74. The molecule has 0 fully saturated rings. The van der Waals surface area contributed by atoms with Gasteiger partial charge in [0.2, 0.25) is 0 Å². The molecule has 0 spiro atoms. The van der Waals surface area contributed by atoms with E-state index in [2.05, 4.69) is 14.7 Å². The molecule has 2 aromatic rings. The van der Waals surface area contributed by atoms with Gasteiger partial charge >= 0.3 is 0 Å². The Morgan fingerprint density at radius 1 is 1.56 bits per heavy atom. The molecule has 0 aliphatic heterocycles. The fourth-order valence-electron chi connectivity index (χ4n) is 2.24. The van der Waals surface area contributed by atoms with E-state index in [1.165, 1.54) is 16.4 Å². The normalized spacial score (nSPS) is 18.4. The zero-order valence-electron chi connectivity index (χ0n) is 9.97. The van der Waals surface area contributed by atoms with Gasteiger partial charge in [-0.1, -0.05) is 0 Å². The van der Waals surface area contributed by atoms with Crippen LogP contribution in [0.3, 0.4) is 0 Å². The average molecular weight is 279 g/mol. The van der Waals surface area contributed by atoms with Crippen molar-refractivity contribution >= 4 is 28.8 Å². The Kier molecular flexibility index (Phi) is 3.13. The number of hydrogen-bond acceptors (Lipinski definition) is 5. The molecule has 1 unspecified atom stereocenters. The largest absolute Gasteiger partial charge is 0.344 e. The molecule has 1 atom stereocenters. The lowest BCUT2D eigenvalue weighted by molar-refractivity contribution is 0.0932. The molecular weight excluding hydrogens is 266 g/mol. The monoisotopic (exact) mass is 279 g/mol. The maximum atomic E-state index is 12.0. The molecule has 0 saturated carbocycles. The smallest absolute Gasteiger partial charge is 0.254 e. The molecule has 1 aliphatic carbocycles. The second-order valence-electron chi connectivity index (χ2n) is 4.37. The van der Waals surface area contributed by atoms with Gasteiger partial charge in [-0.05, 0) is 37.7 Å². The van der Waals surface area contributed by atoms with Crippen LogP contribution in [0.25, 0.3) is 0 Å². The first-order valence-corrected chi connectivity index (χ1v) is 7.56. The lowest BCUT2D eigenvalue weighted by Crippen LogP contribution is -2.30. The molecule has 3 rings (SSSR count). The number of amides is 1. The summed E-state index contributed by atoms with van der Waals surface area (Å²) in [5, 5.41) is 5.91. The van der Waals surface area contributed by atoms with E-state index >= 15 is 0 Å². The van der Waals surface area contributed by atoms with Crippen molar-refractivity contribution in [2.45, 2.75) is 32.2 Å². The molecule has 0 radical (unpaired) electrons. The summed E-state index contributed by atoms with van der Waals surface area (Å²) in [6.07, 6.45) is 4.78. The van der Waals surface area contributed by atoms with Gasteiger partial charge in [-0.3, -0.25) is 4.79 Å². The lowest BCUT2D eigenvalue weighted by Gasteiger charge is -2.22. The zero-order valence-corrected chi connectivity index (χ0v) is 11.6. The Morgan fingerprint density at radius 3 is 3.22 bits per heavy atom. The Morgan fingerprint density at radius 2 is 2.44 bits per heavy atom. The average Bonchev–Trinajstić information content (AvgIpc) is 2.96. The fraction of sp³-hybridized carbons (Fsp3) is 0.417. The molecule has 94 valence electrons. The number of nitrogens with one attached hydrogen (secondary N) is 1. The van der Waals surface area contributed by atoms with Crippen molar-refractivity contribution in [3.8, 4) is 0 Å². The van der Waals surface area contributed by atoms with Crippen LogP contribution in [0, 0.1) is 6.92 Å². The highest BCUT2D eigenvalue weighted by atomic mass is 32.1. The number of fused-ring (bicyclic) bond motifs is 1. The summed E-state index contributed by atoms with van der Waals surface area (Å²) < 4.78 is 3.95. The predicted molar refractivity (Wildman–Crippen MR) is 72.1 cm³/mol. The SMILES string of the molecule is Cc1nc2c(s1)CCCC2NC(=O)c1cnsc1. The number of carbonyl (C=O) groups excluding carboxylic acids is 1. The summed E-state index contributed by atoms with van der Waals surface area (Å²) in [5.41, 5.74) is 1.71. The summed E-state index contributed by atoms with van der Waals surface area (Å²) in [6, 6.07) is 0.0612. The highest BCUT2D eigenvalue weighted by molar-refractivity contribution is 7.11. The van der Waals surface area contributed by atoms with Crippen molar-refractivity contribution in [2.75, 3.05) is 0 Å². The van der Waals surface area contributed by atoms with Crippen molar-refractivity contribution in [1.29, 1.82) is 0 Å². The van der Waals surface area contributed by atoms with E-state index in [0.29, 0.717) is 5.56 Å². The van der Waals surface area contributed by atoms with E-state index in [-0.39, 0.29) is 11.9 Å². The van der Waals surface area contributed by atoms with E-state index in [0.717, 1.165) is 30.0 Å². The number of aromatic nitrogens is 2. The van der Waals surface area contributed by atoms with E-state index < -0.39 is 0 Å². The Balaban J connectivity index is 1.80. The van der Waals surface area contributed by atoms with Gasteiger partial charge in [0, 0.05) is 10.3 Å². The van der Waals surface area contributed by atoms with Crippen LogP contribution < -0.4 is 5.32 Å². The van der Waals surface area contributed by atoms with Gasteiger partial charge < -0.3 is 5.32 Å². The van der Waals surface area contributed by atoms with Crippen LogP contribution in [0.4, 0.5) is 0 Å². The summed E-state index contributed by atoms with van der Waals surface area (Å²) in [6.45, 7) is 2.02. The second kappa shape index (κ2) is 4.78. The number of carbonyl (C=O) groups is 1. The number of nitrogens with zero attached hydrogens (tertiary/aromatic N) is 2. The summed E-state index contributed by atoms with van der Waals surface area (Å²) in [7, 11) is 0. The zero-order chi connectivity index (χ0) is 12.5. The minimum absolute atomic E-state index is 0.0488. The predicted octanol–water partition coefficient (Wildman–Crippen LogP) is 2.72. The van der Waals surface area contributed by atoms with Crippen LogP contribution in [0.5, 0.6) is 0 Å².